The smallest absolute Gasteiger partial charge is 0.258 e. The minimum atomic E-state index is -1.07. The third-order valence-corrected chi connectivity index (χ3v) is 2.36. The summed E-state index contributed by atoms with van der Waals surface area (Å²) in [7, 11) is 0. The number of nitro benzene ring substituents is 1. The van der Waals surface area contributed by atoms with Gasteiger partial charge in [0.05, 0.1) is 15.0 Å². The molecule has 0 spiro atoms. The maximum atomic E-state index is 12.8. The minimum absolute atomic E-state index is 0.191. The van der Waals surface area contributed by atoms with Crippen molar-refractivity contribution in [2.75, 3.05) is 0 Å². The summed E-state index contributed by atoms with van der Waals surface area (Å²) in [6.45, 7) is -1.07. The molecule has 13 heavy (non-hydrogen) atoms. The fraction of sp³-hybridized carbons (Fsp3) is 0.143. The number of rotatable bonds is 2. The predicted octanol–water partition coefficient (Wildman–Crippen LogP) is 2.97. The first-order chi connectivity index (χ1) is 6.07. The molecule has 0 radical (unpaired) electrons. The van der Waals surface area contributed by atoms with Crippen molar-refractivity contribution in [3.05, 3.63) is 38.1 Å². The second-order valence-electron chi connectivity index (χ2n) is 2.25. The highest BCUT2D eigenvalue weighted by atomic mass is 79.9. The Morgan fingerprint density at radius 3 is 2.62 bits per heavy atom. The third kappa shape index (κ3) is 1.82. The number of halogens is 3. The third-order valence-electron chi connectivity index (χ3n) is 1.50. The molecule has 0 atom stereocenters. The van der Waals surface area contributed by atoms with Gasteiger partial charge in [0.15, 0.2) is 0 Å². The Morgan fingerprint density at radius 2 is 2.15 bits per heavy atom. The zero-order chi connectivity index (χ0) is 10.0. The first-order valence-corrected chi connectivity index (χ1v) is 4.04. The highest BCUT2D eigenvalue weighted by Crippen LogP contribution is 2.29. The average Bonchev–Trinajstić information content (AvgIpc) is 2.09. The minimum Gasteiger partial charge on any atom is -0.258 e. The lowest BCUT2D eigenvalue weighted by Gasteiger charge is -2.01. The normalized spacial score (nSPS) is 10.1. The second-order valence-corrected chi connectivity index (χ2v) is 3.04. The van der Waals surface area contributed by atoms with Crippen molar-refractivity contribution in [2.24, 2.45) is 0 Å². The summed E-state index contributed by atoms with van der Waals surface area (Å²) < 4.78 is 24.9. The van der Waals surface area contributed by atoms with Gasteiger partial charge >= 0.3 is 0 Å². The number of nitrogens with zero attached hydrogens (tertiary/aromatic N) is 1. The summed E-state index contributed by atoms with van der Waals surface area (Å²) in [6, 6.07) is 1.86. The van der Waals surface area contributed by atoms with E-state index in [1.165, 1.54) is 0 Å². The van der Waals surface area contributed by atoms with Crippen LogP contribution < -0.4 is 0 Å². The van der Waals surface area contributed by atoms with E-state index in [2.05, 4.69) is 15.9 Å². The quantitative estimate of drug-likeness (QED) is 0.599. The molecule has 0 saturated heterocycles. The van der Waals surface area contributed by atoms with E-state index in [0.29, 0.717) is 0 Å². The number of nitro groups is 1. The van der Waals surface area contributed by atoms with Crippen molar-refractivity contribution in [1.29, 1.82) is 0 Å². The molecule has 0 amide bonds. The molecule has 0 unspecified atom stereocenters. The SMILES string of the molecule is O=[N+]([O-])c1ccc(F)c(Br)c1CF. The van der Waals surface area contributed by atoms with Gasteiger partial charge in [-0.1, -0.05) is 0 Å². The molecule has 0 N–H and O–H groups in total. The van der Waals surface area contributed by atoms with Crippen molar-refractivity contribution >= 4 is 21.6 Å². The lowest BCUT2D eigenvalue weighted by Crippen LogP contribution is -1.96. The predicted molar refractivity (Wildman–Crippen MR) is 45.6 cm³/mol. The molecule has 0 aliphatic rings. The van der Waals surface area contributed by atoms with Gasteiger partial charge < -0.3 is 0 Å². The topological polar surface area (TPSA) is 43.1 Å². The molecule has 70 valence electrons. The molecule has 1 rings (SSSR count). The van der Waals surface area contributed by atoms with E-state index in [1.807, 2.05) is 0 Å². The number of hydrogen-bond donors (Lipinski definition) is 0. The molecule has 1 aromatic rings. The van der Waals surface area contributed by atoms with Gasteiger partial charge in [0.1, 0.15) is 12.5 Å². The Balaban J connectivity index is 3.38. The van der Waals surface area contributed by atoms with Crippen LogP contribution in [0.4, 0.5) is 14.5 Å². The monoisotopic (exact) mass is 251 g/mol. The average molecular weight is 252 g/mol. The number of benzene rings is 1. The summed E-state index contributed by atoms with van der Waals surface area (Å²) in [5.41, 5.74) is -0.694. The summed E-state index contributed by atoms with van der Waals surface area (Å²) in [5.74, 6) is -0.710. The second kappa shape index (κ2) is 3.78. The fourth-order valence-corrected chi connectivity index (χ4v) is 1.32. The van der Waals surface area contributed by atoms with Crippen LogP contribution in [0.5, 0.6) is 0 Å². The summed E-state index contributed by atoms with van der Waals surface area (Å²) in [6.07, 6.45) is 0. The highest BCUT2D eigenvalue weighted by Gasteiger charge is 2.18. The van der Waals surface area contributed by atoms with E-state index < -0.39 is 23.1 Å². The van der Waals surface area contributed by atoms with Gasteiger partial charge in [-0.3, -0.25) is 10.1 Å². The van der Waals surface area contributed by atoms with Crippen LogP contribution in [0.2, 0.25) is 0 Å². The molecule has 0 aliphatic carbocycles. The maximum Gasteiger partial charge on any atom is 0.276 e. The van der Waals surface area contributed by atoms with Crippen LogP contribution in [0.3, 0.4) is 0 Å². The van der Waals surface area contributed by atoms with Crippen molar-refractivity contribution in [1.82, 2.24) is 0 Å². The molecular formula is C7H4BrF2NO2. The van der Waals surface area contributed by atoms with Crippen LogP contribution in [0.25, 0.3) is 0 Å². The van der Waals surface area contributed by atoms with E-state index in [1.54, 1.807) is 0 Å². The van der Waals surface area contributed by atoms with Gasteiger partial charge in [0.25, 0.3) is 5.69 Å². The first-order valence-electron chi connectivity index (χ1n) is 3.25. The van der Waals surface area contributed by atoms with Crippen molar-refractivity contribution in [3.8, 4) is 0 Å². The van der Waals surface area contributed by atoms with Crippen LogP contribution in [0, 0.1) is 15.9 Å². The van der Waals surface area contributed by atoms with Crippen molar-refractivity contribution in [2.45, 2.75) is 6.67 Å². The summed E-state index contributed by atoms with van der Waals surface area (Å²) in [4.78, 5) is 9.59. The van der Waals surface area contributed by atoms with Gasteiger partial charge in [-0.2, -0.15) is 0 Å². The van der Waals surface area contributed by atoms with E-state index in [9.17, 15) is 18.9 Å². The van der Waals surface area contributed by atoms with Gasteiger partial charge in [0.2, 0.25) is 0 Å². The van der Waals surface area contributed by atoms with E-state index >= 15 is 0 Å². The van der Waals surface area contributed by atoms with Gasteiger partial charge in [0, 0.05) is 6.07 Å². The Hall–Kier alpha value is -1.04. The Bertz CT molecular complexity index is 357. The van der Waals surface area contributed by atoms with Crippen LogP contribution in [0.1, 0.15) is 5.56 Å². The van der Waals surface area contributed by atoms with E-state index in [4.69, 9.17) is 0 Å². The maximum absolute atomic E-state index is 12.8. The molecule has 0 aliphatic heterocycles. The Kier molecular flexibility index (Phi) is 2.92. The first kappa shape index (κ1) is 10.0. The van der Waals surface area contributed by atoms with E-state index in [0.717, 1.165) is 12.1 Å². The van der Waals surface area contributed by atoms with E-state index in [-0.39, 0.29) is 10.0 Å². The standard InChI is InChI=1S/C7H4BrF2NO2/c8-7-4(3-9)6(11(12)13)2-1-5(7)10/h1-2H,3H2. The highest BCUT2D eigenvalue weighted by molar-refractivity contribution is 9.10. The lowest BCUT2D eigenvalue weighted by molar-refractivity contribution is -0.385. The van der Waals surface area contributed by atoms with Crippen molar-refractivity contribution < 1.29 is 13.7 Å². The molecule has 0 bridgehead atoms. The molecule has 1 aromatic carbocycles. The van der Waals surface area contributed by atoms with Gasteiger partial charge in [-0.05, 0) is 22.0 Å². The molecule has 0 aromatic heterocycles. The lowest BCUT2D eigenvalue weighted by atomic mass is 10.2. The number of alkyl halides is 1. The molecule has 3 nitrogen and oxygen atoms in total. The molecule has 6 heteroatoms. The van der Waals surface area contributed by atoms with Crippen LogP contribution >= 0.6 is 15.9 Å². The Morgan fingerprint density at radius 1 is 1.54 bits per heavy atom. The van der Waals surface area contributed by atoms with Crippen LogP contribution in [-0.4, -0.2) is 4.92 Å². The largest absolute Gasteiger partial charge is 0.276 e. The molecule has 0 saturated carbocycles. The Labute approximate surface area is 80.6 Å². The van der Waals surface area contributed by atoms with Gasteiger partial charge in [-0.25, -0.2) is 8.78 Å². The van der Waals surface area contributed by atoms with Crippen LogP contribution in [0.15, 0.2) is 16.6 Å². The van der Waals surface area contributed by atoms with Crippen molar-refractivity contribution in [3.63, 3.8) is 0 Å². The number of hydrogen-bond acceptors (Lipinski definition) is 2. The molecule has 0 heterocycles. The summed E-state index contributed by atoms with van der Waals surface area (Å²) >= 11 is 2.74. The van der Waals surface area contributed by atoms with Crippen LogP contribution in [-0.2, 0) is 6.67 Å². The zero-order valence-electron chi connectivity index (χ0n) is 6.26. The zero-order valence-corrected chi connectivity index (χ0v) is 7.85. The van der Waals surface area contributed by atoms with Gasteiger partial charge in [-0.15, -0.1) is 0 Å². The molecular weight excluding hydrogens is 248 g/mol. The fourth-order valence-electron chi connectivity index (χ4n) is 0.881. The molecule has 0 fully saturated rings. The summed E-state index contributed by atoms with van der Waals surface area (Å²) in [5, 5.41) is 10.3.